The maximum Gasteiger partial charge on any atom is 0.272 e. The van der Waals surface area contributed by atoms with Crippen LogP contribution in [-0.2, 0) is 0 Å². The molecule has 2 N–H and O–H groups in total. The zero-order chi connectivity index (χ0) is 16.2. The normalized spacial score (nSPS) is 11.0. The number of fused-ring (bicyclic) bond motifs is 1. The minimum absolute atomic E-state index is 0.254. The van der Waals surface area contributed by atoms with Crippen LogP contribution in [-0.4, -0.2) is 17.1 Å². The van der Waals surface area contributed by atoms with Crippen LogP contribution in [0.3, 0.4) is 0 Å². The second-order valence-corrected chi connectivity index (χ2v) is 5.98. The van der Waals surface area contributed by atoms with Gasteiger partial charge < -0.3 is 4.98 Å². The predicted octanol–water partition coefficient (Wildman–Crippen LogP) is 2.90. The molecule has 23 heavy (non-hydrogen) atoms. The molecule has 0 aliphatic rings. The standard InChI is InChI=1S/C17H12IN3O2/c18-14-7-3-2-6-13(14)17(23)21-19-10-12-9-11-5-1-4-8-15(11)20-16(12)22/h1-10H,(H,20,22)(H,21,23)/b19-10+. The Balaban J connectivity index is 1.81. The molecule has 0 saturated heterocycles. The number of hydrogen-bond donors (Lipinski definition) is 2. The number of carbonyl (C=O) groups is 1. The summed E-state index contributed by atoms with van der Waals surface area (Å²) in [4.78, 5) is 26.8. The zero-order valence-electron chi connectivity index (χ0n) is 11.9. The fourth-order valence-corrected chi connectivity index (χ4v) is 2.76. The van der Waals surface area contributed by atoms with Gasteiger partial charge in [-0.1, -0.05) is 30.3 Å². The van der Waals surface area contributed by atoms with E-state index in [0.29, 0.717) is 11.1 Å². The molecule has 0 fully saturated rings. The minimum atomic E-state index is -0.316. The molecule has 0 bridgehead atoms. The van der Waals surface area contributed by atoms with Crippen molar-refractivity contribution >= 4 is 45.6 Å². The van der Waals surface area contributed by atoms with Gasteiger partial charge in [0.2, 0.25) is 0 Å². The summed E-state index contributed by atoms with van der Waals surface area (Å²) in [5, 5.41) is 4.78. The Hall–Kier alpha value is -2.48. The van der Waals surface area contributed by atoms with Crippen LogP contribution < -0.4 is 11.0 Å². The largest absolute Gasteiger partial charge is 0.321 e. The second kappa shape index (κ2) is 6.74. The summed E-state index contributed by atoms with van der Waals surface area (Å²) >= 11 is 2.09. The van der Waals surface area contributed by atoms with Gasteiger partial charge in [0.15, 0.2) is 0 Å². The number of carbonyl (C=O) groups excluding carboxylic acids is 1. The van der Waals surface area contributed by atoms with Gasteiger partial charge in [0.25, 0.3) is 11.5 Å². The molecule has 0 atom stereocenters. The summed E-state index contributed by atoms with van der Waals surface area (Å²) in [5.41, 5.74) is 3.87. The molecule has 5 nitrogen and oxygen atoms in total. The fourth-order valence-electron chi connectivity index (χ4n) is 2.13. The van der Waals surface area contributed by atoms with Gasteiger partial charge in [0.05, 0.1) is 17.3 Å². The third-order valence-electron chi connectivity index (χ3n) is 3.27. The van der Waals surface area contributed by atoms with Crippen LogP contribution in [0, 0.1) is 3.57 Å². The molecule has 3 aromatic rings. The van der Waals surface area contributed by atoms with Crippen molar-refractivity contribution in [2.75, 3.05) is 0 Å². The van der Waals surface area contributed by atoms with Crippen molar-refractivity contribution < 1.29 is 4.79 Å². The average molecular weight is 417 g/mol. The van der Waals surface area contributed by atoms with Gasteiger partial charge in [-0.25, -0.2) is 5.43 Å². The monoisotopic (exact) mass is 417 g/mol. The molecule has 0 spiro atoms. The van der Waals surface area contributed by atoms with Gasteiger partial charge in [-0.2, -0.15) is 5.10 Å². The topological polar surface area (TPSA) is 74.3 Å². The van der Waals surface area contributed by atoms with Crippen molar-refractivity contribution in [3.05, 3.63) is 79.6 Å². The highest BCUT2D eigenvalue weighted by molar-refractivity contribution is 14.1. The highest BCUT2D eigenvalue weighted by Gasteiger charge is 2.07. The minimum Gasteiger partial charge on any atom is -0.321 e. The molecule has 0 radical (unpaired) electrons. The lowest BCUT2D eigenvalue weighted by molar-refractivity contribution is 0.0954. The number of H-pyrrole nitrogens is 1. The van der Waals surface area contributed by atoms with Crippen molar-refractivity contribution in [1.82, 2.24) is 10.4 Å². The van der Waals surface area contributed by atoms with E-state index in [4.69, 9.17) is 0 Å². The Bertz CT molecular complexity index is 963. The molecule has 0 aliphatic carbocycles. The van der Waals surface area contributed by atoms with Crippen LogP contribution in [0.25, 0.3) is 10.9 Å². The number of benzene rings is 2. The van der Waals surface area contributed by atoms with Crippen molar-refractivity contribution in [3.8, 4) is 0 Å². The number of aromatic nitrogens is 1. The van der Waals surface area contributed by atoms with Gasteiger partial charge in [-0.3, -0.25) is 9.59 Å². The van der Waals surface area contributed by atoms with Crippen molar-refractivity contribution in [2.45, 2.75) is 0 Å². The van der Waals surface area contributed by atoms with Gasteiger partial charge in [-0.05, 0) is 52.2 Å². The average Bonchev–Trinajstić information content (AvgIpc) is 2.55. The number of halogens is 1. The summed E-state index contributed by atoms with van der Waals surface area (Å²) in [5.74, 6) is -0.316. The summed E-state index contributed by atoms with van der Waals surface area (Å²) in [6.07, 6.45) is 1.35. The molecule has 0 saturated carbocycles. The lowest BCUT2D eigenvalue weighted by Gasteiger charge is -2.02. The van der Waals surface area contributed by atoms with Crippen LogP contribution in [0.1, 0.15) is 15.9 Å². The number of nitrogens with zero attached hydrogens (tertiary/aromatic N) is 1. The number of para-hydroxylation sites is 1. The first kappa shape index (κ1) is 15.4. The predicted molar refractivity (Wildman–Crippen MR) is 98.8 cm³/mol. The van der Waals surface area contributed by atoms with E-state index in [9.17, 15) is 9.59 Å². The van der Waals surface area contributed by atoms with Crippen LogP contribution in [0.5, 0.6) is 0 Å². The van der Waals surface area contributed by atoms with Gasteiger partial charge in [0, 0.05) is 9.09 Å². The Labute approximate surface area is 145 Å². The Kier molecular flexibility index (Phi) is 4.52. The lowest BCUT2D eigenvalue weighted by Crippen LogP contribution is -2.20. The summed E-state index contributed by atoms with van der Waals surface area (Å²) in [6.45, 7) is 0. The van der Waals surface area contributed by atoms with Crippen molar-refractivity contribution in [3.63, 3.8) is 0 Å². The van der Waals surface area contributed by atoms with E-state index in [1.54, 1.807) is 18.2 Å². The molecular weight excluding hydrogens is 405 g/mol. The number of pyridine rings is 1. The summed E-state index contributed by atoms with van der Waals surface area (Å²) < 4.78 is 0.835. The number of nitrogens with one attached hydrogen (secondary N) is 2. The summed E-state index contributed by atoms with van der Waals surface area (Å²) in [6, 6.07) is 16.4. The smallest absolute Gasteiger partial charge is 0.272 e. The van der Waals surface area contributed by atoms with E-state index in [-0.39, 0.29) is 11.5 Å². The second-order valence-electron chi connectivity index (χ2n) is 4.82. The first-order valence-electron chi connectivity index (χ1n) is 6.85. The van der Waals surface area contributed by atoms with E-state index in [2.05, 4.69) is 38.1 Å². The molecule has 6 heteroatoms. The quantitative estimate of drug-likeness (QED) is 0.391. The molecule has 1 amide bonds. The maximum absolute atomic E-state index is 12.0. The van der Waals surface area contributed by atoms with Gasteiger partial charge in [-0.15, -0.1) is 0 Å². The number of amides is 1. The molecule has 0 aliphatic heterocycles. The third kappa shape index (κ3) is 3.48. The molecule has 1 aromatic heterocycles. The summed E-state index contributed by atoms with van der Waals surface area (Å²) in [7, 11) is 0. The third-order valence-corrected chi connectivity index (χ3v) is 4.21. The van der Waals surface area contributed by atoms with Crippen LogP contribution in [0.4, 0.5) is 0 Å². The van der Waals surface area contributed by atoms with Gasteiger partial charge >= 0.3 is 0 Å². The first-order valence-corrected chi connectivity index (χ1v) is 7.93. The first-order chi connectivity index (χ1) is 11.1. The van der Waals surface area contributed by atoms with E-state index >= 15 is 0 Å². The van der Waals surface area contributed by atoms with E-state index in [1.165, 1.54) is 6.21 Å². The molecule has 114 valence electrons. The van der Waals surface area contributed by atoms with Gasteiger partial charge in [0.1, 0.15) is 0 Å². The van der Waals surface area contributed by atoms with E-state index in [1.807, 2.05) is 36.4 Å². The Morgan fingerprint density at radius 3 is 2.70 bits per heavy atom. The molecule has 0 unspecified atom stereocenters. The van der Waals surface area contributed by atoms with Crippen LogP contribution in [0.15, 0.2) is 64.5 Å². The molecule has 3 rings (SSSR count). The van der Waals surface area contributed by atoms with Crippen molar-refractivity contribution in [1.29, 1.82) is 0 Å². The zero-order valence-corrected chi connectivity index (χ0v) is 14.1. The maximum atomic E-state index is 12.0. The highest BCUT2D eigenvalue weighted by Crippen LogP contribution is 2.11. The Morgan fingerprint density at radius 2 is 1.87 bits per heavy atom. The molecule has 2 aromatic carbocycles. The van der Waals surface area contributed by atoms with E-state index < -0.39 is 0 Å². The van der Waals surface area contributed by atoms with Crippen LogP contribution in [0.2, 0.25) is 0 Å². The SMILES string of the molecule is O=C(N/N=C/c1cc2ccccc2[nH]c1=O)c1ccccc1I. The number of hydrogen-bond acceptors (Lipinski definition) is 3. The lowest BCUT2D eigenvalue weighted by atomic mass is 10.2. The Morgan fingerprint density at radius 1 is 1.13 bits per heavy atom. The van der Waals surface area contributed by atoms with Crippen LogP contribution >= 0.6 is 22.6 Å². The molecular formula is C17H12IN3O2. The number of aromatic amines is 1. The highest BCUT2D eigenvalue weighted by atomic mass is 127. The number of rotatable bonds is 3. The molecule has 1 heterocycles. The fraction of sp³-hybridized carbons (Fsp3) is 0. The van der Waals surface area contributed by atoms with E-state index in [0.717, 1.165) is 14.5 Å². The number of hydrazone groups is 1. The van der Waals surface area contributed by atoms with Crippen molar-refractivity contribution in [2.24, 2.45) is 5.10 Å².